The van der Waals surface area contributed by atoms with Crippen molar-refractivity contribution in [2.24, 2.45) is 11.8 Å². The number of anilines is 1. The van der Waals surface area contributed by atoms with Crippen LogP contribution in [0.4, 0.5) is 5.13 Å². The number of hydrogen-bond acceptors (Lipinski definition) is 5. The number of benzene rings is 1. The van der Waals surface area contributed by atoms with Gasteiger partial charge in [-0.25, -0.2) is 4.98 Å². The number of nitrogens with zero attached hydrogens (tertiary/aromatic N) is 1. The van der Waals surface area contributed by atoms with E-state index < -0.39 is 17.8 Å². The van der Waals surface area contributed by atoms with Gasteiger partial charge >= 0.3 is 0 Å². The summed E-state index contributed by atoms with van der Waals surface area (Å²) in [5.41, 5.74) is 1.45. The van der Waals surface area contributed by atoms with Crippen LogP contribution in [0.1, 0.15) is 25.7 Å². The van der Waals surface area contributed by atoms with Crippen LogP contribution in [0.5, 0.6) is 0 Å². The summed E-state index contributed by atoms with van der Waals surface area (Å²) in [4.78, 5) is 28.1. The number of carbonyl (C=O) groups is 2. The first kappa shape index (κ1) is 18.2. The molecule has 132 valence electrons. The number of hydrogen-bond donors (Lipinski definition) is 1. The average molecular weight is 398 g/mol. The maximum absolute atomic E-state index is 12.5. The quantitative estimate of drug-likeness (QED) is 0.853. The van der Waals surface area contributed by atoms with Crippen molar-refractivity contribution in [3.8, 4) is 11.3 Å². The van der Waals surface area contributed by atoms with Crippen LogP contribution < -0.4 is 10.4 Å². The largest absolute Gasteiger partial charge is 0.550 e. The molecule has 2 aromatic rings. The first-order chi connectivity index (χ1) is 12.0. The highest BCUT2D eigenvalue weighted by molar-refractivity contribution is 7.14. The fraction of sp³-hybridized carbons (Fsp3) is 0.353. The molecule has 1 aromatic carbocycles. The smallest absolute Gasteiger partial charge is 0.229 e. The fourth-order valence-corrected chi connectivity index (χ4v) is 4.06. The van der Waals surface area contributed by atoms with E-state index in [9.17, 15) is 14.7 Å². The summed E-state index contributed by atoms with van der Waals surface area (Å²) in [5, 5.41) is 17.1. The Bertz CT molecular complexity index is 809. The Morgan fingerprint density at radius 3 is 2.56 bits per heavy atom. The van der Waals surface area contributed by atoms with Crippen LogP contribution in [0.25, 0.3) is 11.3 Å². The molecule has 1 heterocycles. The van der Waals surface area contributed by atoms with Gasteiger partial charge in [0.25, 0.3) is 0 Å². The predicted molar refractivity (Wildman–Crippen MR) is 96.7 cm³/mol. The molecule has 0 spiro atoms. The van der Waals surface area contributed by atoms with Crippen LogP contribution >= 0.6 is 34.5 Å². The van der Waals surface area contributed by atoms with Gasteiger partial charge in [-0.2, -0.15) is 0 Å². The molecule has 0 bridgehead atoms. The van der Waals surface area contributed by atoms with Gasteiger partial charge in [0.2, 0.25) is 5.91 Å². The minimum atomic E-state index is -1.16. The summed E-state index contributed by atoms with van der Waals surface area (Å²) in [5.74, 6) is -2.78. The predicted octanol–water partition coefficient (Wildman–Crippen LogP) is 3.61. The Morgan fingerprint density at radius 1 is 1.16 bits per heavy atom. The van der Waals surface area contributed by atoms with Gasteiger partial charge in [-0.1, -0.05) is 42.1 Å². The van der Waals surface area contributed by atoms with Crippen molar-refractivity contribution in [2.75, 3.05) is 5.32 Å². The maximum Gasteiger partial charge on any atom is 0.229 e. The lowest BCUT2D eigenvalue weighted by Crippen LogP contribution is -2.42. The highest BCUT2D eigenvalue weighted by atomic mass is 35.5. The molecule has 0 aliphatic heterocycles. The number of halogens is 2. The molecule has 1 aliphatic rings. The molecule has 8 heteroatoms. The van der Waals surface area contributed by atoms with E-state index in [1.165, 1.54) is 11.3 Å². The molecule has 25 heavy (non-hydrogen) atoms. The Kier molecular flexibility index (Phi) is 5.61. The second-order valence-electron chi connectivity index (χ2n) is 5.97. The van der Waals surface area contributed by atoms with Crippen LogP contribution in [0.3, 0.4) is 0 Å². The normalized spacial score (nSPS) is 20.2. The van der Waals surface area contributed by atoms with Crippen molar-refractivity contribution in [3.05, 3.63) is 33.6 Å². The standard InChI is InChI=1S/C17H16Cl2N2O3S/c18-12-6-5-9(7-13(12)19)14-8-25-17(20-14)21-15(22)10-3-1-2-4-11(10)16(23)24/h5-8,10-11H,1-4H2,(H,23,24)(H,20,21,22)/p-1/t10-,11+/m1/s1. The van der Waals surface area contributed by atoms with Crippen molar-refractivity contribution in [1.82, 2.24) is 4.98 Å². The number of carboxylic acids is 1. The lowest BCUT2D eigenvalue weighted by Gasteiger charge is -2.30. The Labute approximate surface area is 159 Å². The number of carboxylic acid groups (broad SMARTS) is 1. The summed E-state index contributed by atoms with van der Waals surface area (Å²) in [7, 11) is 0. The van der Waals surface area contributed by atoms with Gasteiger partial charge in [-0.15, -0.1) is 11.3 Å². The second kappa shape index (κ2) is 7.72. The number of aliphatic carboxylic acids is 1. The molecule has 1 N–H and O–H groups in total. The van der Waals surface area contributed by atoms with E-state index in [2.05, 4.69) is 10.3 Å². The van der Waals surface area contributed by atoms with E-state index in [0.717, 1.165) is 18.4 Å². The third kappa shape index (κ3) is 4.14. The van der Waals surface area contributed by atoms with Crippen molar-refractivity contribution in [2.45, 2.75) is 25.7 Å². The molecular formula is C17H15Cl2N2O3S-. The number of nitrogens with one attached hydrogen (secondary N) is 1. The Balaban J connectivity index is 1.73. The molecule has 1 aliphatic carbocycles. The van der Waals surface area contributed by atoms with Crippen LogP contribution in [0.2, 0.25) is 10.0 Å². The Hall–Kier alpha value is -1.63. The van der Waals surface area contributed by atoms with E-state index in [0.29, 0.717) is 33.7 Å². The topological polar surface area (TPSA) is 82.1 Å². The maximum atomic E-state index is 12.5. The number of amides is 1. The third-order valence-corrected chi connectivity index (χ3v) is 5.85. The van der Waals surface area contributed by atoms with E-state index in [-0.39, 0.29) is 5.91 Å². The first-order valence-electron chi connectivity index (χ1n) is 7.88. The molecule has 1 aromatic heterocycles. The molecular weight excluding hydrogens is 383 g/mol. The van der Waals surface area contributed by atoms with Crippen molar-refractivity contribution < 1.29 is 14.7 Å². The first-order valence-corrected chi connectivity index (χ1v) is 9.52. The van der Waals surface area contributed by atoms with Crippen LogP contribution in [-0.4, -0.2) is 16.9 Å². The number of rotatable bonds is 4. The zero-order chi connectivity index (χ0) is 18.0. The number of thiazole rings is 1. The lowest BCUT2D eigenvalue weighted by molar-refractivity contribution is -0.313. The molecule has 2 atom stereocenters. The van der Waals surface area contributed by atoms with E-state index in [1.54, 1.807) is 23.6 Å². The molecule has 1 saturated carbocycles. The van der Waals surface area contributed by atoms with Gasteiger partial charge in [-0.3, -0.25) is 4.79 Å². The van der Waals surface area contributed by atoms with Crippen LogP contribution in [0, 0.1) is 11.8 Å². The van der Waals surface area contributed by atoms with E-state index in [1.807, 2.05) is 0 Å². The van der Waals surface area contributed by atoms with E-state index in [4.69, 9.17) is 23.2 Å². The zero-order valence-corrected chi connectivity index (χ0v) is 15.5. The summed E-state index contributed by atoms with van der Waals surface area (Å²) >= 11 is 13.2. The highest BCUT2D eigenvalue weighted by Gasteiger charge is 2.32. The lowest BCUT2D eigenvalue weighted by atomic mass is 9.79. The van der Waals surface area contributed by atoms with Gasteiger partial charge in [0.1, 0.15) is 0 Å². The molecule has 1 amide bonds. The SMILES string of the molecule is O=C([O-])[C@H]1CCCC[C@H]1C(=O)Nc1nc(-c2ccc(Cl)c(Cl)c2)cs1. The van der Waals surface area contributed by atoms with Crippen molar-refractivity contribution in [1.29, 1.82) is 0 Å². The average Bonchev–Trinajstić information content (AvgIpc) is 3.05. The third-order valence-electron chi connectivity index (χ3n) is 4.36. The Morgan fingerprint density at radius 2 is 1.88 bits per heavy atom. The number of aromatic nitrogens is 1. The molecule has 5 nitrogen and oxygen atoms in total. The minimum absolute atomic E-state index is 0.316. The van der Waals surface area contributed by atoms with Gasteiger partial charge < -0.3 is 15.2 Å². The molecule has 3 rings (SSSR count). The molecule has 0 radical (unpaired) electrons. The van der Waals surface area contributed by atoms with Gasteiger partial charge in [-0.05, 0) is 25.0 Å². The summed E-state index contributed by atoms with van der Waals surface area (Å²) < 4.78 is 0. The van der Waals surface area contributed by atoms with Crippen LogP contribution in [-0.2, 0) is 9.59 Å². The van der Waals surface area contributed by atoms with E-state index >= 15 is 0 Å². The van der Waals surface area contributed by atoms with Crippen LogP contribution in [0.15, 0.2) is 23.6 Å². The highest BCUT2D eigenvalue weighted by Crippen LogP contribution is 2.33. The van der Waals surface area contributed by atoms with Crippen molar-refractivity contribution in [3.63, 3.8) is 0 Å². The molecule has 0 unspecified atom stereocenters. The van der Waals surface area contributed by atoms with Gasteiger partial charge in [0.05, 0.1) is 15.7 Å². The summed E-state index contributed by atoms with van der Waals surface area (Å²) in [6.45, 7) is 0. The monoisotopic (exact) mass is 397 g/mol. The fourth-order valence-electron chi connectivity index (χ4n) is 3.04. The minimum Gasteiger partial charge on any atom is -0.550 e. The van der Waals surface area contributed by atoms with Crippen molar-refractivity contribution >= 4 is 51.5 Å². The molecule has 0 saturated heterocycles. The number of carbonyl (C=O) groups excluding carboxylic acids is 2. The summed E-state index contributed by atoms with van der Waals surface area (Å²) in [6, 6.07) is 5.18. The molecule has 1 fully saturated rings. The second-order valence-corrected chi connectivity index (χ2v) is 7.65. The van der Waals surface area contributed by atoms with Gasteiger partial charge in [0, 0.05) is 28.7 Å². The summed E-state index contributed by atoms with van der Waals surface area (Å²) in [6.07, 6.45) is 2.68. The zero-order valence-electron chi connectivity index (χ0n) is 13.1. The van der Waals surface area contributed by atoms with Gasteiger partial charge in [0.15, 0.2) is 5.13 Å².